The van der Waals surface area contributed by atoms with Crippen LogP contribution in [-0.2, 0) is 58.5 Å². The van der Waals surface area contributed by atoms with E-state index >= 15 is 0 Å². The van der Waals surface area contributed by atoms with Crippen LogP contribution in [0.4, 0.5) is 0 Å². The van der Waals surface area contributed by atoms with Crippen molar-refractivity contribution >= 4 is 38.7 Å². The predicted octanol–water partition coefficient (Wildman–Crippen LogP) is -2.33. The molecule has 0 bridgehead atoms. The van der Waals surface area contributed by atoms with E-state index in [0.717, 1.165) is 0 Å². The average molecular weight is 862 g/mol. The van der Waals surface area contributed by atoms with Crippen LogP contribution in [0, 0.1) is 0 Å². The molecule has 3 aromatic carbocycles. The van der Waals surface area contributed by atoms with E-state index in [1.54, 1.807) is 18.2 Å². The van der Waals surface area contributed by atoms with Gasteiger partial charge in [0.05, 0.1) is 0 Å². The molecule has 0 saturated carbocycles. The summed E-state index contributed by atoms with van der Waals surface area (Å²) < 4.78 is 30.9. The molecule has 0 heterocycles. The van der Waals surface area contributed by atoms with Crippen LogP contribution in [0.1, 0.15) is 0 Å². The zero-order chi connectivity index (χ0) is 22.8. The molecule has 0 unspecified atom stereocenters. The van der Waals surface area contributed by atoms with Crippen LogP contribution < -0.4 is 45.3 Å². The van der Waals surface area contributed by atoms with E-state index < -0.39 is 22.8 Å². The zero-order valence-electron chi connectivity index (χ0n) is 15.8. The molecule has 14 heteroatoms. The van der Waals surface area contributed by atoms with Gasteiger partial charge in [-0.1, -0.05) is 91.0 Å². The fourth-order valence-electron chi connectivity index (χ4n) is 1.83. The van der Waals surface area contributed by atoms with E-state index in [2.05, 4.69) is 0 Å². The van der Waals surface area contributed by atoms with Crippen LogP contribution in [0.2, 0.25) is 0 Å². The first-order valence-corrected chi connectivity index (χ1v) is 12.7. The molecular weight excluding hydrogens is 847 g/mol. The van der Waals surface area contributed by atoms with Gasteiger partial charge in [-0.3, -0.25) is 0 Å². The van der Waals surface area contributed by atoms with Gasteiger partial charge in [-0.2, -0.15) is 0 Å². The molecule has 0 spiro atoms. The normalized spacial score (nSPS) is 10.7. The predicted molar refractivity (Wildman–Crippen MR) is 101 cm³/mol. The Kier molecular flexibility index (Phi) is 16.3. The Hall–Kier alpha value is -0.409. The summed E-state index contributed by atoms with van der Waals surface area (Å²) in [6.07, 6.45) is 0. The number of hydrogen-bond donors (Lipinski definition) is 0. The standard InChI is InChI=1S/3C6H7O3P.2Au/c3*7-10(8,9)6-4-2-1-3-5-6;;/h3*1-5H,(H2,7,8,9);;/q;;;2*+3/p-6. The Morgan fingerprint density at radius 3 is 0.625 bits per heavy atom. The second-order valence-corrected chi connectivity index (χ2v) is 10.0. The van der Waals surface area contributed by atoms with E-state index in [0.29, 0.717) is 0 Å². The zero-order valence-corrected chi connectivity index (χ0v) is 22.8. The van der Waals surface area contributed by atoms with Gasteiger partial charge >= 0.3 is 44.8 Å². The molecule has 0 aromatic heterocycles. The van der Waals surface area contributed by atoms with Gasteiger partial charge in [0, 0.05) is 0 Å². The quantitative estimate of drug-likeness (QED) is 0.206. The second-order valence-electron chi connectivity index (χ2n) is 5.50. The minimum atomic E-state index is -4.52. The summed E-state index contributed by atoms with van der Waals surface area (Å²) in [7, 11) is -13.6. The summed E-state index contributed by atoms with van der Waals surface area (Å²) in [6.45, 7) is 0. The molecule has 0 aliphatic heterocycles. The van der Waals surface area contributed by atoms with Crippen molar-refractivity contribution in [2.45, 2.75) is 0 Å². The topological polar surface area (TPSA) is 190 Å². The van der Waals surface area contributed by atoms with Gasteiger partial charge in [-0.05, 0) is 38.7 Å². The Bertz CT molecular complexity index is 900. The Balaban J connectivity index is 0. The molecule has 0 saturated heterocycles. The maximum Gasteiger partial charge on any atom is 3.00 e. The smallest absolute Gasteiger partial charge is 0.807 e. The second kappa shape index (κ2) is 15.5. The van der Waals surface area contributed by atoms with Gasteiger partial charge in [0.15, 0.2) is 0 Å². The van der Waals surface area contributed by atoms with Crippen LogP contribution in [0.15, 0.2) is 91.0 Å². The molecule has 9 nitrogen and oxygen atoms in total. The van der Waals surface area contributed by atoms with Crippen molar-refractivity contribution in [1.82, 2.24) is 0 Å². The van der Waals surface area contributed by atoms with Crippen LogP contribution >= 0.6 is 22.8 Å². The summed E-state index contributed by atoms with van der Waals surface area (Å²) in [5, 5.41) is -0.472. The molecule has 0 atom stereocenters. The van der Waals surface area contributed by atoms with Crippen molar-refractivity contribution in [2.75, 3.05) is 0 Å². The minimum Gasteiger partial charge on any atom is -0.807 e. The fourth-order valence-corrected chi connectivity index (χ4v) is 3.44. The van der Waals surface area contributed by atoms with Crippen molar-refractivity contribution < 1.29 is 87.8 Å². The first kappa shape index (κ1) is 33.8. The Morgan fingerprint density at radius 2 is 0.531 bits per heavy atom. The summed E-state index contributed by atoms with van der Waals surface area (Å²) in [6, 6.07) is 21.7. The van der Waals surface area contributed by atoms with Crippen LogP contribution in [0.5, 0.6) is 0 Å². The van der Waals surface area contributed by atoms with E-state index in [1.165, 1.54) is 72.8 Å². The van der Waals surface area contributed by atoms with Gasteiger partial charge in [-0.15, -0.1) is 0 Å². The molecule has 3 rings (SSSR count). The third-order valence-corrected chi connectivity index (χ3v) is 6.01. The average Bonchev–Trinajstić information content (AvgIpc) is 2.69. The van der Waals surface area contributed by atoms with Crippen molar-refractivity contribution in [3.8, 4) is 0 Å². The molecule has 0 aliphatic carbocycles. The molecule has 32 heavy (non-hydrogen) atoms. The number of rotatable bonds is 3. The van der Waals surface area contributed by atoms with Crippen molar-refractivity contribution in [2.24, 2.45) is 0 Å². The van der Waals surface area contributed by atoms with E-state index in [-0.39, 0.29) is 60.7 Å². The van der Waals surface area contributed by atoms with Gasteiger partial charge < -0.3 is 43.1 Å². The molecular formula is C18H15Au2O9P3. The number of hydrogen-bond acceptors (Lipinski definition) is 9. The SMILES string of the molecule is O=P([O-])([O-])c1ccccc1.O=P([O-])([O-])c1ccccc1.O=P([O-])([O-])c1ccccc1.[Au+3].[Au+3]. The molecule has 0 N–H and O–H groups in total. The monoisotopic (exact) mass is 862 g/mol. The van der Waals surface area contributed by atoms with Crippen LogP contribution in [-0.4, -0.2) is 0 Å². The minimum absolute atomic E-state index is 0. The van der Waals surface area contributed by atoms with Gasteiger partial charge in [0.2, 0.25) is 0 Å². The van der Waals surface area contributed by atoms with Crippen molar-refractivity contribution in [3.63, 3.8) is 0 Å². The van der Waals surface area contributed by atoms with E-state index in [4.69, 9.17) is 0 Å². The Morgan fingerprint density at radius 1 is 0.375 bits per heavy atom. The van der Waals surface area contributed by atoms with Gasteiger partial charge in [0.1, 0.15) is 0 Å². The summed E-state index contributed by atoms with van der Waals surface area (Å²) in [5.41, 5.74) is 0. The van der Waals surface area contributed by atoms with Crippen LogP contribution in [0.25, 0.3) is 0 Å². The maximum absolute atomic E-state index is 10.3. The molecule has 0 aliphatic rings. The van der Waals surface area contributed by atoms with Crippen molar-refractivity contribution in [1.29, 1.82) is 0 Å². The molecule has 3 aromatic rings. The summed E-state index contributed by atoms with van der Waals surface area (Å²) >= 11 is 0. The largest absolute Gasteiger partial charge is 3.00 e. The Labute approximate surface area is 216 Å². The first-order valence-electron chi connectivity index (χ1n) is 8.05. The molecule has 178 valence electrons. The van der Waals surface area contributed by atoms with Crippen molar-refractivity contribution in [3.05, 3.63) is 91.0 Å². The van der Waals surface area contributed by atoms with E-state index in [9.17, 15) is 43.1 Å². The maximum atomic E-state index is 10.3. The molecule has 0 radical (unpaired) electrons. The van der Waals surface area contributed by atoms with Gasteiger partial charge in [-0.25, -0.2) is 0 Å². The van der Waals surface area contributed by atoms with Gasteiger partial charge in [0.25, 0.3) is 0 Å². The third kappa shape index (κ3) is 14.0. The summed E-state index contributed by atoms with van der Waals surface area (Å²) in [5.74, 6) is 0. The summed E-state index contributed by atoms with van der Waals surface area (Å²) in [4.78, 5) is 61.8. The first-order chi connectivity index (χ1) is 13.8. The fraction of sp³-hybridized carbons (Fsp3) is 0. The van der Waals surface area contributed by atoms with E-state index in [1.807, 2.05) is 0 Å². The molecule has 0 amide bonds. The van der Waals surface area contributed by atoms with Crippen LogP contribution in [0.3, 0.4) is 0 Å². The molecule has 0 fully saturated rings. The third-order valence-electron chi connectivity index (χ3n) is 3.22. The number of benzene rings is 3.